The van der Waals surface area contributed by atoms with Crippen molar-refractivity contribution in [3.63, 3.8) is 0 Å². The molecule has 3 aromatic rings. The molecule has 0 saturated carbocycles. The van der Waals surface area contributed by atoms with Gasteiger partial charge in [0.25, 0.3) is 5.91 Å². The van der Waals surface area contributed by atoms with E-state index in [1.54, 1.807) is 6.33 Å². The van der Waals surface area contributed by atoms with Gasteiger partial charge in [0.05, 0.1) is 5.69 Å². The van der Waals surface area contributed by atoms with Crippen LogP contribution < -0.4 is 10.2 Å². The Hall–Kier alpha value is -3.21. The standard InChI is InChI=1S/C23H24N4O/c28-23(24-16-18-7-3-1-4-8-18)20-11-9-19(10-12-20)21-15-22(26-17-25-21)27-13-5-2-6-14-27/h1,3-4,7-12,15,17H,2,5-6,13-14,16H2,(H,24,28). The first-order chi connectivity index (χ1) is 13.8. The maximum atomic E-state index is 12.4. The molecule has 0 spiro atoms. The first-order valence-electron chi connectivity index (χ1n) is 9.79. The highest BCUT2D eigenvalue weighted by atomic mass is 16.1. The van der Waals surface area contributed by atoms with Crippen molar-refractivity contribution in [2.24, 2.45) is 0 Å². The quantitative estimate of drug-likeness (QED) is 0.734. The van der Waals surface area contributed by atoms with Crippen molar-refractivity contribution < 1.29 is 4.79 Å². The van der Waals surface area contributed by atoms with E-state index in [4.69, 9.17) is 0 Å². The molecule has 28 heavy (non-hydrogen) atoms. The summed E-state index contributed by atoms with van der Waals surface area (Å²) in [5.41, 5.74) is 3.59. The maximum Gasteiger partial charge on any atom is 0.251 e. The summed E-state index contributed by atoms with van der Waals surface area (Å²) in [5, 5.41) is 2.96. The Bertz CT molecular complexity index is 919. The molecule has 4 rings (SSSR count). The number of piperidine rings is 1. The van der Waals surface area contributed by atoms with Crippen molar-refractivity contribution in [2.45, 2.75) is 25.8 Å². The maximum absolute atomic E-state index is 12.4. The van der Waals surface area contributed by atoms with Gasteiger partial charge in [-0.25, -0.2) is 9.97 Å². The fraction of sp³-hybridized carbons (Fsp3) is 0.261. The van der Waals surface area contributed by atoms with Gasteiger partial charge in [-0.2, -0.15) is 0 Å². The number of nitrogens with zero attached hydrogens (tertiary/aromatic N) is 3. The van der Waals surface area contributed by atoms with Crippen LogP contribution in [-0.2, 0) is 6.54 Å². The Kier molecular flexibility index (Phi) is 5.61. The van der Waals surface area contributed by atoms with Crippen LogP contribution in [-0.4, -0.2) is 29.0 Å². The minimum Gasteiger partial charge on any atom is -0.357 e. The molecule has 5 heteroatoms. The fourth-order valence-corrected chi connectivity index (χ4v) is 3.47. The van der Waals surface area contributed by atoms with Crippen molar-refractivity contribution in [3.05, 3.63) is 78.1 Å². The number of rotatable bonds is 5. The van der Waals surface area contributed by atoms with Crippen LogP contribution in [0.5, 0.6) is 0 Å². The summed E-state index contributed by atoms with van der Waals surface area (Å²) < 4.78 is 0. The van der Waals surface area contributed by atoms with E-state index in [1.165, 1.54) is 19.3 Å². The third kappa shape index (κ3) is 4.36. The summed E-state index contributed by atoms with van der Waals surface area (Å²) in [6, 6.07) is 19.5. The third-order valence-electron chi connectivity index (χ3n) is 5.07. The molecule has 1 fully saturated rings. The van der Waals surface area contributed by atoms with Gasteiger partial charge in [0, 0.05) is 36.8 Å². The van der Waals surface area contributed by atoms with Gasteiger partial charge < -0.3 is 10.2 Å². The van der Waals surface area contributed by atoms with Crippen LogP contribution in [0.3, 0.4) is 0 Å². The van der Waals surface area contributed by atoms with Crippen LogP contribution in [0.15, 0.2) is 67.0 Å². The molecule has 0 aliphatic carbocycles. The molecule has 1 amide bonds. The van der Waals surface area contributed by atoms with Crippen LogP contribution in [0.4, 0.5) is 5.82 Å². The number of amides is 1. The van der Waals surface area contributed by atoms with E-state index in [0.717, 1.165) is 35.7 Å². The SMILES string of the molecule is O=C(NCc1ccccc1)c1ccc(-c2cc(N3CCCCC3)ncn2)cc1. The number of hydrogen-bond donors (Lipinski definition) is 1. The zero-order valence-corrected chi connectivity index (χ0v) is 15.8. The summed E-state index contributed by atoms with van der Waals surface area (Å²) in [6.07, 6.45) is 5.35. The molecule has 0 radical (unpaired) electrons. The molecular weight excluding hydrogens is 348 g/mol. The molecule has 0 atom stereocenters. The Balaban J connectivity index is 1.43. The predicted molar refractivity (Wildman–Crippen MR) is 111 cm³/mol. The average Bonchev–Trinajstić information content (AvgIpc) is 2.79. The monoisotopic (exact) mass is 372 g/mol. The number of carbonyl (C=O) groups excluding carboxylic acids is 1. The third-order valence-corrected chi connectivity index (χ3v) is 5.07. The van der Waals surface area contributed by atoms with E-state index in [1.807, 2.05) is 60.7 Å². The molecule has 0 unspecified atom stereocenters. The minimum atomic E-state index is -0.0768. The van der Waals surface area contributed by atoms with E-state index in [0.29, 0.717) is 12.1 Å². The second-order valence-corrected chi connectivity index (χ2v) is 7.05. The summed E-state index contributed by atoms with van der Waals surface area (Å²) in [5.74, 6) is 0.904. The molecule has 1 aromatic heterocycles. The lowest BCUT2D eigenvalue weighted by Crippen LogP contribution is -2.30. The molecule has 2 heterocycles. The van der Waals surface area contributed by atoms with Gasteiger partial charge in [-0.3, -0.25) is 4.79 Å². The first kappa shape index (κ1) is 18.2. The molecule has 1 N–H and O–H groups in total. The number of nitrogens with one attached hydrogen (secondary N) is 1. The number of benzene rings is 2. The normalized spacial score (nSPS) is 13.9. The molecule has 1 aliphatic heterocycles. The highest BCUT2D eigenvalue weighted by Crippen LogP contribution is 2.23. The molecule has 5 nitrogen and oxygen atoms in total. The first-order valence-corrected chi connectivity index (χ1v) is 9.79. The van der Waals surface area contributed by atoms with Crippen LogP contribution in [0.1, 0.15) is 35.2 Å². The van der Waals surface area contributed by atoms with Crippen molar-refractivity contribution >= 4 is 11.7 Å². The predicted octanol–water partition coefficient (Wildman–Crippen LogP) is 4.06. The zero-order valence-electron chi connectivity index (χ0n) is 15.8. The van der Waals surface area contributed by atoms with Crippen molar-refractivity contribution in [2.75, 3.05) is 18.0 Å². The van der Waals surface area contributed by atoms with E-state index in [2.05, 4.69) is 20.2 Å². The lowest BCUT2D eigenvalue weighted by Gasteiger charge is -2.27. The van der Waals surface area contributed by atoms with Crippen LogP contribution in [0.25, 0.3) is 11.3 Å². The van der Waals surface area contributed by atoms with E-state index in [-0.39, 0.29) is 5.91 Å². The number of hydrogen-bond acceptors (Lipinski definition) is 4. The van der Waals surface area contributed by atoms with Crippen LogP contribution >= 0.6 is 0 Å². The van der Waals surface area contributed by atoms with E-state index < -0.39 is 0 Å². The number of aromatic nitrogens is 2. The van der Waals surface area contributed by atoms with Gasteiger partial charge in [-0.15, -0.1) is 0 Å². The van der Waals surface area contributed by atoms with Gasteiger partial charge in [0.2, 0.25) is 0 Å². The minimum absolute atomic E-state index is 0.0768. The lowest BCUT2D eigenvalue weighted by atomic mass is 10.1. The van der Waals surface area contributed by atoms with Crippen LogP contribution in [0, 0.1) is 0 Å². The molecule has 2 aromatic carbocycles. The highest BCUT2D eigenvalue weighted by Gasteiger charge is 2.13. The average molecular weight is 372 g/mol. The summed E-state index contributed by atoms with van der Waals surface area (Å²) in [7, 11) is 0. The summed E-state index contributed by atoms with van der Waals surface area (Å²) in [4.78, 5) is 23.6. The topological polar surface area (TPSA) is 58.1 Å². The summed E-state index contributed by atoms with van der Waals surface area (Å²) in [6.45, 7) is 2.63. The van der Waals surface area contributed by atoms with Crippen molar-refractivity contribution in [3.8, 4) is 11.3 Å². The molecule has 142 valence electrons. The number of anilines is 1. The second-order valence-electron chi connectivity index (χ2n) is 7.05. The highest BCUT2D eigenvalue weighted by molar-refractivity contribution is 5.94. The van der Waals surface area contributed by atoms with E-state index >= 15 is 0 Å². The largest absolute Gasteiger partial charge is 0.357 e. The van der Waals surface area contributed by atoms with Gasteiger partial charge in [0.15, 0.2) is 0 Å². The van der Waals surface area contributed by atoms with Gasteiger partial charge >= 0.3 is 0 Å². The second kappa shape index (κ2) is 8.65. The Morgan fingerprint density at radius 1 is 0.929 bits per heavy atom. The van der Waals surface area contributed by atoms with Crippen LogP contribution in [0.2, 0.25) is 0 Å². The van der Waals surface area contributed by atoms with Crippen molar-refractivity contribution in [1.29, 1.82) is 0 Å². The summed E-state index contributed by atoms with van der Waals surface area (Å²) >= 11 is 0. The fourth-order valence-electron chi connectivity index (χ4n) is 3.47. The molecule has 0 bridgehead atoms. The zero-order chi connectivity index (χ0) is 19.2. The lowest BCUT2D eigenvalue weighted by molar-refractivity contribution is 0.0951. The van der Waals surface area contributed by atoms with Crippen molar-refractivity contribution in [1.82, 2.24) is 15.3 Å². The molecule has 1 aliphatic rings. The molecular formula is C23H24N4O. The molecule has 1 saturated heterocycles. The van der Waals surface area contributed by atoms with Gasteiger partial charge in [0.1, 0.15) is 12.1 Å². The Labute approximate surface area is 165 Å². The van der Waals surface area contributed by atoms with E-state index in [9.17, 15) is 4.79 Å². The number of carbonyl (C=O) groups is 1. The Morgan fingerprint density at radius 2 is 1.68 bits per heavy atom. The van der Waals surface area contributed by atoms with Gasteiger partial charge in [-0.1, -0.05) is 42.5 Å². The Morgan fingerprint density at radius 3 is 2.43 bits per heavy atom. The van der Waals surface area contributed by atoms with Gasteiger partial charge in [-0.05, 0) is 37.0 Å². The smallest absolute Gasteiger partial charge is 0.251 e.